The fourth-order valence-electron chi connectivity index (χ4n) is 2.84. The van der Waals surface area contributed by atoms with Gasteiger partial charge in [0, 0.05) is 0 Å². The van der Waals surface area contributed by atoms with E-state index in [2.05, 4.69) is 38.2 Å². The van der Waals surface area contributed by atoms with Gasteiger partial charge in [-0.1, -0.05) is 52.2 Å². The highest BCUT2D eigenvalue weighted by Crippen LogP contribution is 2.32. The lowest BCUT2D eigenvalue weighted by atomic mass is 9.77. The van der Waals surface area contributed by atoms with Gasteiger partial charge in [-0.2, -0.15) is 0 Å². The fraction of sp³-hybridized carbons (Fsp3) is 0.875. The maximum atomic E-state index is 3.50. The molecule has 1 rings (SSSR count). The molecule has 0 bridgehead atoms. The van der Waals surface area contributed by atoms with Crippen LogP contribution in [-0.2, 0) is 0 Å². The molecule has 1 aliphatic carbocycles. The van der Waals surface area contributed by atoms with Gasteiger partial charge < -0.3 is 5.32 Å². The average Bonchev–Trinajstić information content (AvgIpc) is 2.33. The molecule has 1 nitrogen and oxygen atoms in total. The van der Waals surface area contributed by atoms with Gasteiger partial charge in [-0.15, -0.1) is 0 Å². The van der Waals surface area contributed by atoms with E-state index in [4.69, 9.17) is 0 Å². The third-order valence-corrected chi connectivity index (χ3v) is 3.92. The Kier molecular flexibility index (Phi) is 7.59. The van der Waals surface area contributed by atoms with Crippen molar-refractivity contribution in [2.45, 2.75) is 59.3 Å². The molecule has 100 valence electrons. The number of nitrogens with one attached hydrogen (secondary N) is 1. The monoisotopic (exact) mass is 237 g/mol. The summed E-state index contributed by atoms with van der Waals surface area (Å²) in [5.74, 6) is 2.60. The molecule has 0 aromatic rings. The van der Waals surface area contributed by atoms with Crippen LogP contribution in [0.1, 0.15) is 59.3 Å². The zero-order valence-corrected chi connectivity index (χ0v) is 12.0. The Morgan fingerprint density at radius 3 is 2.71 bits per heavy atom. The SMILES string of the molecule is CCC1CCCCC1C=CCCNCC(C)C. The van der Waals surface area contributed by atoms with Crippen LogP contribution in [0.5, 0.6) is 0 Å². The minimum Gasteiger partial charge on any atom is -0.316 e. The van der Waals surface area contributed by atoms with E-state index in [0.717, 1.165) is 30.8 Å². The lowest BCUT2D eigenvalue weighted by Gasteiger charge is -2.28. The molecule has 0 spiro atoms. The Balaban J connectivity index is 2.13. The number of rotatable bonds is 7. The van der Waals surface area contributed by atoms with Crippen LogP contribution in [0.2, 0.25) is 0 Å². The van der Waals surface area contributed by atoms with Crippen molar-refractivity contribution < 1.29 is 0 Å². The van der Waals surface area contributed by atoms with Crippen LogP contribution in [-0.4, -0.2) is 13.1 Å². The number of allylic oxidation sites excluding steroid dienone is 1. The van der Waals surface area contributed by atoms with Crippen molar-refractivity contribution in [3.8, 4) is 0 Å². The molecule has 0 saturated heterocycles. The van der Waals surface area contributed by atoms with Crippen molar-refractivity contribution in [1.29, 1.82) is 0 Å². The molecule has 0 aliphatic heterocycles. The Hall–Kier alpha value is -0.300. The molecule has 1 fully saturated rings. The maximum absolute atomic E-state index is 3.50. The summed E-state index contributed by atoms with van der Waals surface area (Å²) in [7, 11) is 0. The molecule has 2 unspecified atom stereocenters. The Morgan fingerprint density at radius 2 is 2.00 bits per heavy atom. The van der Waals surface area contributed by atoms with E-state index < -0.39 is 0 Å². The quantitative estimate of drug-likeness (QED) is 0.511. The Morgan fingerprint density at radius 1 is 1.24 bits per heavy atom. The third-order valence-electron chi connectivity index (χ3n) is 3.92. The summed E-state index contributed by atoms with van der Waals surface area (Å²) >= 11 is 0. The molecular formula is C16H31N. The summed E-state index contributed by atoms with van der Waals surface area (Å²) in [5, 5.41) is 3.50. The van der Waals surface area contributed by atoms with Gasteiger partial charge in [0.05, 0.1) is 0 Å². The zero-order valence-electron chi connectivity index (χ0n) is 12.0. The number of hydrogen-bond donors (Lipinski definition) is 1. The smallest absolute Gasteiger partial charge is 0.00142 e. The van der Waals surface area contributed by atoms with E-state index in [1.807, 2.05) is 0 Å². The van der Waals surface area contributed by atoms with Gasteiger partial charge in [-0.25, -0.2) is 0 Å². The Labute approximate surface area is 108 Å². The molecular weight excluding hydrogens is 206 g/mol. The molecule has 0 aromatic heterocycles. The first-order chi connectivity index (χ1) is 8.24. The number of hydrogen-bond acceptors (Lipinski definition) is 1. The van der Waals surface area contributed by atoms with Crippen molar-refractivity contribution in [2.75, 3.05) is 13.1 Å². The highest BCUT2D eigenvalue weighted by Gasteiger charge is 2.20. The van der Waals surface area contributed by atoms with Crippen LogP contribution in [0, 0.1) is 17.8 Å². The molecule has 1 saturated carbocycles. The van der Waals surface area contributed by atoms with Gasteiger partial charge >= 0.3 is 0 Å². The van der Waals surface area contributed by atoms with Crippen molar-refractivity contribution in [3.63, 3.8) is 0 Å². The van der Waals surface area contributed by atoms with Gasteiger partial charge in [0.15, 0.2) is 0 Å². The topological polar surface area (TPSA) is 12.0 Å². The molecule has 0 heterocycles. The summed E-state index contributed by atoms with van der Waals surface area (Å²) in [4.78, 5) is 0. The predicted molar refractivity (Wildman–Crippen MR) is 77.2 cm³/mol. The highest BCUT2D eigenvalue weighted by atomic mass is 14.8. The second-order valence-corrected chi connectivity index (χ2v) is 5.93. The van der Waals surface area contributed by atoms with E-state index in [0.29, 0.717) is 0 Å². The normalized spacial score (nSPS) is 25.9. The summed E-state index contributed by atoms with van der Waals surface area (Å²) in [6, 6.07) is 0. The first-order valence-electron chi connectivity index (χ1n) is 7.61. The molecule has 2 atom stereocenters. The van der Waals surface area contributed by atoms with Crippen LogP contribution in [0.4, 0.5) is 0 Å². The molecule has 0 amide bonds. The highest BCUT2D eigenvalue weighted by molar-refractivity contribution is 4.93. The summed E-state index contributed by atoms with van der Waals surface area (Å²) in [6.07, 6.45) is 13.2. The molecule has 0 aromatic carbocycles. The van der Waals surface area contributed by atoms with Crippen LogP contribution in [0.3, 0.4) is 0 Å². The summed E-state index contributed by atoms with van der Waals surface area (Å²) < 4.78 is 0. The van der Waals surface area contributed by atoms with E-state index in [1.54, 1.807) is 0 Å². The van der Waals surface area contributed by atoms with Gasteiger partial charge in [0.2, 0.25) is 0 Å². The van der Waals surface area contributed by atoms with Crippen molar-refractivity contribution in [3.05, 3.63) is 12.2 Å². The van der Waals surface area contributed by atoms with Crippen LogP contribution < -0.4 is 5.32 Å². The first-order valence-corrected chi connectivity index (χ1v) is 7.61. The minimum atomic E-state index is 0.766. The summed E-state index contributed by atoms with van der Waals surface area (Å²) in [5.41, 5.74) is 0. The van der Waals surface area contributed by atoms with Crippen molar-refractivity contribution >= 4 is 0 Å². The zero-order chi connectivity index (χ0) is 12.5. The largest absolute Gasteiger partial charge is 0.316 e. The summed E-state index contributed by atoms with van der Waals surface area (Å²) in [6.45, 7) is 9.15. The molecule has 0 radical (unpaired) electrons. The van der Waals surface area contributed by atoms with Gasteiger partial charge in [0.1, 0.15) is 0 Å². The second-order valence-electron chi connectivity index (χ2n) is 5.93. The lowest BCUT2D eigenvalue weighted by molar-refractivity contribution is 0.276. The minimum absolute atomic E-state index is 0.766. The third kappa shape index (κ3) is 6.26. The van der Waals surface area contributed by atoms with E-state index in [9.17, 15) is 0 Å². The average molecular weight is 237 g/mol. The van der Waals surface area contributed by atoms with E-state index in [-0.39, 0.29) is 0 Å². The molecule has 1 aliphatic rings. The van der Waals surface area contributed by atoms with Crippen molar-refractivity contribution in [2.24, 2.45) is 17.8 Å². The predicted octanol–water partition coefficient (Wildman–Crippen LogP) is 4.39. The van der Waals surface area contributed by atoms with Crippen LogP contribution >= 0.6 is 0 Å². The van der Waals surface area contributed by atoms with Crippen LogP contribution in [0.25, 0.3) is 0 Å². The van der Waals surface area contributed by atoms with E-state index >= 15 is 0 Å². The molecule has 1 heteroatoms. The van der Waals surface area contributed by atoms with Gasteiger partial charge in [-0.05, 0) is 50.1 Å². The Bertz CT molecular complexity index is 208. The maximum Gasteiger partial charge on any atom is -0.00142 e. The standard InChI is InChI=1S/C16H31N/c1-4-15-9-5-6-10-16(15)11-7-8-12-17-13-14(2)3/h7,11,14-17H,4-6,8-10,12-13H2,1-3H3. The van der Waals surface area contributed by atoms with Crippen molar-refractivity contribution in [1.82, 2.24) is 5.32 Å². The van der Waals surface area contributed by atoms with E-state index in [1.165, 1.54) is 38.5 Å². The fourth-order valence-corrected chi connectivity index (χ4v) is 2.84. The van der Waals surface area contributed by atoms with Gasteiger partial charge in [-0.3, -0.25) is 0 Å². The van der Waals surface area contributed by atoms with Gasteiger partial charge in [0.25, 0.3) is 0 Å². The first kappa shape index (κ1) is 14.8. The second kappa shape index (κ2) is 8.74. The lowest BCUT2D eigenvalue weighted by Crippen LogP contribution is -2.20. The molecule has 1 N–H and O–H groups in total. The molecule has 17 heavy (non-hydrogen) atoms. The van der Waals surface area contributed by atoms with Crippen LogP contribution in [0.15, 0.2) is 12.2 Å².